The Morgan fingerprint density at radius 2 is 2.12 bits per heavy atom. The summed E-state index contributed by atoms with van der Waals surface area (Å²) >= 11 is 0. The van der Waals surface area contributed by atoms with Crippen molar-refractivity contribution < 1.29 is 4.74 Å². The molecule has 5 rings (SSSR count). The van der Waals surface area contributed by atoms with Crippen LogP contribution in [-0.2, 0) is 17.7 Å². The van der Waals surface area contributed by atoms with Crippen molar-refractivity contribution in [2.75, 3.05) is 24.6 Å². The van der Waals surface area contributed by atoms with Gasteiger partial charge in [-0.25, -0.2) is 15.0 Å². The van der Waals surface area contributed by atoms with Crippen LogP contribution in [0.15, 0.2) is 12.7 Å². The number of nitrogens with zero attached hydrogens (tertiary/aromatic N) is 7. The molecular weight excluding hydrogens is 308 g/mol. The number of hydrogen-bond acceptors (Lipinski definition) is 7. The van der Waals surface area contributed by atoms with Crippen LogP contribution in [0.3, 0.4) is 0 Å². The molecule has 0 radical (unpaired) electrons. The van der Waals surface area contributed by atoms with Crippen LogP contribution in [0.25, 0.3) is 11.2 Å². The van der Waals surface area contributed by atoms with Crippen LogP contribution in [-0.4, -0.2) is 54.4 Å². The second-order valence-electron chi connectivity index (χ2n) is 6.16. The Labute approximate surface area is 138 Å². The maximum Gasteiger partial charge on any atom is 0.182 e. The van der Waals surface area contributed by atoms with Crippen molar-refractivity contribution in [1.29, 1.82) is 0 Å². The predicted molar refractivity (Wildman–Crippen MR) is 85.5 cm³/mol. The summed E-state index contributed by atoms with van der Waals surface area (Å²) in [5.74, 6) is 2.89. The van der Waals surface area contributed by atoms with Gasteiger partial charge in [0.25, 0.3) is 0 Å². The summed E-state index contributed by atoms with van der Waals surface area (Å²) in [4.78, 5) is 18.3. The summed E-state index contributed by atoms with van der Waals surface area (Å²) in [7, 11) is 0. The third-order valence-corrected chi connectivity index (χ3v) is 4.78. The first-order valence-electron chi connectivity index (χ1n) is 8.33. The lowest BCUT2D eigenvalue weighted by Crippen LogP contribution is -2.28. The van der Waals surface area contributed by atoms with Gasteiger partial charge < -0.3 is 19.2 Å². The van der Waals surface area contributed by atoms with Crippen LogP contribution in [0, 0.1) is 0 Å². The van der Waals surface area contributed by atoms with Crippen LogP contribution >= 0.6 is 0 Å². The Kier molecular flexibility index (Phi) is 3.18. The lowest BCUT2D eigenvalue weighted by molar-refractivity contribution is 0.101. The zero-order valence-electron chi connectivity index (χ0n) is 13.2. The number of nitrogens with one attached hydrogen (secondary N) is 1. The van der Waals surface area contributed by atoms with E-state index in [0.717, 1.165) is 68.5 Å². The minimum Gasteiger partial charge on any atom is -0.370 e. The van der Waals surface area contributed by atoms with Crippen molar-refractivity contribution in [3.8, 4) is 0 Å². The molecule has 0 spiro atoms. The minimum absolute atomic E-state index is 0.0937. The van der Waals surface area contributed by atoms with E-state index in [-0.39, 0.29) is 6.10 Å². The second kappa shape index (κ2) is 5.52. The van der Waals surface area contributed by atoms with Crippen molar-refractivity contribution in [2.45, 2.75) is 31.9 Å². The van der Waals surface area contributed by atoms with E-state index in [1.165, 1.54) is 0 Å². The topological polar surface area (TPSA) is 97.6 Å². The van der Waals surface area contributed by atoms with E-state index in [4.69, 9.17) is 4.74 Å². The summed E-state index contributed by atoms with van der Waals surface area (Å²) in [5, 5.41) is 8.78. The van der Waals surface area contributed by atoms with Gasteiger partial charge in [0.2, 0.25) is 0 Å². The predicted octanol–water partition coefficient (Wildman–Crippen LogP) is 0.859. The molecule has 3 aromatic heterocycles. The van der Waals surface area contributed by atoms with Crippen molar-refractivity contribution in [1.82, 2.24) is 34.7 Å². The SMILES string of the molecule is c1nc(N2CCc3nnc(C4CCCO4)n3CC2)c2[nH]cnc2n1. The highest BCUT2D eigenvalue weighted by Crippen LogP contribution is 2.29. The Morgan fingerprint density at radius 3 is 3.04 bits per heavy atom. The van der Waals surface area contributed by atoms with Crippen molar-refractivity contribution in [3.63, 3.8) is 0 Å². The van der Waals surface area contributed by atoms with E-state index in [0.29, 0.717) is 5.65 Å². The van der Waals surface area contributed by atoms with Crippen molar-refractivity contribution >= 4 is 17.0 Å². The van der Waals surface area contributed by atoms with Gasteiger partial charge >= 0.3 is 0 Å². The number of imidazole rings is 1. The molecule has 0 aromatic carbocycles. The highest BCUT2D eigenvalue weighted by molar-refractivity contribution is 5.82. The first-order chi connectivity index (χ1) is 11.9. The van der Waals surface area contributed by atoms with Gasteiger partial charge in [-0.1, -0.05) is 0 Å². The van der Waals surface area contributed by atoms with E-state index in [1.54, 1.807) is 12.7 Å². The Bertz CT molecular complexity index is 865. The first kappa shape index (κ1) is 13.8. The van der Waals surface area contributed by atoms with Crippen LogP contribution in [0.5, 0.6) is 0 Å². The summed E-state index contributed by atoms with van der Waals surface area (Å²) in [6, 6.07) is 0. The average Bonchev–Trinajstić information content (AvgIpc) is 3.32. The molecule has 5 heterocycles. The van der Waals surface area contributed by atoms with E-state index in [1.807, 2.05) is 0 Å². The largest absolute Gasteiger partial charge is 0.370 e. The Hall–Kier alpha value is -2.55. The molecule has 9 heteroatoms. The number of anilines is 1. The van der Waals surface area contributed by atoms with Gasteiger partial charge in [0, 0.05) is 32.7 Å². The average molecular weight is 326 g/mol. The van der Waals surface area contributed by atoms with E-state index < -0.39 is 0 Å². The third kappa shape index (κ3) is 2.15. The Morgan fingerprint density at radius 1 is 1.12 bits per heavy atom. The fourth-order valence-electron chi connectivity index (χ4n) is 3.57. The van der Waals surface area contributed by atoms with Crippen LogP contribution in [0.4, 0.5) is 5.82 Å². The normalized spacial score (nSPS) is 21.2. The monoisotopic (exact) mass is 326 g/mol. The molecule has 0 saturated carbocycles. The lowest BCUT2D eigenvalue weighted by atomic mass is 10.2. The van der Waals surface area contributed by atoms with E-state index in [2.05, 4.69) is 39.6 Å². The smallest absolute Gasteiger partial charge is 0.182 e. The van der Waals surface area contributed by atoms with E-state index >= 15 is 0 Å². The maximum atomic E-state index is 5.79. The number of H-pyrrole nitrogens is 1. The summed E-state index contributed by atoms with van der Waals surface area (Å²) in [5.41, 5.74) is 1.58. The van der Waals surface area contributed by atoms with Crippen LogP contribution in [0.1, 0.15) is 30.6 Å². The van der Waals surface area contributed by atoms with Gasteiger partial charge in [0.1, 0.15) is 23.8 Å². The van der Waals surface area contributed by atoms with Gasteiger partial charge in [-0.3, -0.25) is 0 Å². The van der Waals surface area contributed by atoms with Gasteiger partial charge in [0.05, 0.1) is 6.33 Å². The molecule has 1 unspecified atom stereocenters. The first-order valence-corrected chi connectivity index (χ1v) is 8.33. The minimum atomic E-state index is 0.0937. The van der Waals surface area contributed by atoms with Crippen LogP contribution in [0.2, 0.25) is 0 Å². The molecule has 2 aliphatic rings. The molecule has 124 valence electrons. The molecule has 9 nitrogen and oxygen atoms in total. The quantitative estimate of drug-likeness (QED) is 0.746. The fraction of sp³-hybridized carbons (Fsp3) is 0.533. The molecule has 1 atom stereocenters. The zero-order chi connectivity index (χ0) is 15.9. The van der Waals surface area contributed by atoms with Crippen molar-refractivity contribution in [3.05, 3.63) is 24.3 Å². The molecule has 0 aliphatic carbocycles. The summed E-state index contributed by atoms with van der Waals surface area (Å²) in [6.45, 7) is 3.33. The number of hydrogen-bond donors (Lipinski definition) is 1. The molecule has 1 N–H and O–H groups in total. The molecule has 0 amide bonds. The lowest BCUT2D eigenvalue weighted by Gasteiger charge is -2.21. The molecular formula is C15H18N8O. The van der Waals surface area contributed by atoms with E-state index in [9.17, 15) is 0 Å². The van der Waals surface area contributed by atoms with Gasteiger partial charge in [-0.05, 0) is 12.8 Å². The summed E-state index contributed by atoms with van der Waals surface area (Å²) < 4.78 is 8.02. The molecule has 3 aromatic rings. The molecule has 2 aliphatic heterocycles. The number of ether oxygens (including phenoxy) is 1. The zero-order valence-corrected chi connectivity index (χ0v) is 13.2. The number of aromatic amines is 1. The maximum absolute atomic E-state index is 5.79. The summed E-state index contributed by atoms with van der Waals surface area (Å²) in [6.07, 6.45) is 6.28. The van der Waals surface area contributed by atoms with Gasteiger partial charge in [-0.15, -0.1) is 10.2 Å². The van der Waals surface area contributed by atoms with Crippen molar-refractivity contribution in [2.24, 2.45) is 0 Å². The highest BCUT2D eigenvalue weighted by Gasteiger charge is 2.27. The number of rotatable bonds is 2. The van der Waals surface area contributed by atoms with Gasteiger partial charge in [-0.2, -0.15) is 0 Å². The highest BCUT2D eigenvalue weighted by atomic mass is 16.5. The second-order valence-corrected chi connectivity index (χ2v) is 6.16. The molecule has 1 saturated heterocycles. The molecule has 0 bridgehead atoms. The molecule has 1 fully saturated rings. The third-order valence-electron chi connectivity index (χ3n) is 4.78. The standard InChI is InChI=1S/C15H18N8O/c1-2-10(24-7-1)14-21-20-11-3-4-22(5-6-23(11)14)15-12-13(17-8-16-12)18-9-19-15/h8-10H,1-7H2,(H,16,17,18,19). The fourth-order valence-corrected chi connectivity index (χ4v) is 3.57. The van der Waals surface area contributed by atoms with Gasteiger partial charge in [0.15, 0.2) is 17.3 Å². The van der Waals surface area contributed by atoms with Crippen LogP contribution < -0.4 is 4.90 Å². The number of aromatic nitrogens is 7. The Balaban J connectivity index is 1.44. The molecule has 24 heavy (non-hydrogen) atoms. The number of fused-ring (bicyclic) bond motifs is 2.